The first-order valence-corrected chi connectivity index (χ1v) is 7.39. The van der Waals surface area contributed by atoms with Gasteiger partial charge in [0.25, 0.3) is 0 Å². The molecule has 0 rings (SSSR count). The molecule has 0 saturated heterocycles. The summed E-state index contributed by atoms with van der Waals surface area (Å²) < 4.78 is 10.2. The minimum Gasteiger partial charge on any atom is -0.351 e. The SMILES string of the molecule is CCCCP(O)(=S)N[P+](=O)O. The third-order valence-electron chi connectivity index (χ3n) is 1.06. The molecule has 2 unspecified atom stereocenters. The molecular weight excluding hydrogens is 204 g/mol. The Labute approximate surface area is 72.1 Å². The Bertz CT molecular complexity index is 186. The highest BCUT2D eigenvalue weighted by molar-refractivity contribution is 8.12. The zero-order valence-electron chi connectivity index (χ0n) is 6.23. The summed E-state index contributed by atoms with van der Waals surface area (Å²) in [7, 11) is -2.51. The highest BCUT2D eigenvalue weighted by Gasteiger charge is 2.23. The second kappa shape index (κ2) is 5.31. The summed E-state index contributed by atoms with van der Waals surface area (Å²) in [5.74, 6) is 0. The number of unbranched alkanes of at least 4 members (excludes halogenated alkanes) is 1. The Morgan fingerprint density at radius 2 is 2.27 bits per heavy atom. The van der Waals surface area contributed by atoms with Crippen molar-refractivity contribution in [2.24, 2.45) is 0 Å². The van der Waals surface area contributed by atoms with Crippen LogP contribution in [0, 0.1) is 0 Å². The summed E-state index contributed by atoms with van der Waals surface area (Å²) >= 11 is 4.70. The molecule has 66 valence electrons. The van der Waals surface area contributed by atoms with E-state index < -0.39 is 14.6 Å². The van der Waals surface area contributed by atoms with Crippen LogP contribution in [0.5, 0.6) is 0 Å². The molecule has 2 atom stereocenters. The maximum absolute atomic E-state index is 10.2. The van der Waals surface area contributed by atoms with Gasteiger partial charge in [-0.25, -0.2) is 0 Å². The predicted octanol–water partition coefficient (Wildman–Crippen LogP) is 1.33. The van der Waals surface area contributed by atoms with Gasteiger partial charge in [0.05, 0.1) is 0 Å². The third-order valence-corrected chi connectivity index (χ3v) is 5.20. The molecule has 0 aromatic rings. The number of hydrogen-bond donors (Lipinski definition) is 3. The largest absolute Gasteiger partial charge is 0.617 e. The normalized spacial score (nSPS) is 17.5. The van der Waals surface area contributed by atoms with Crippen molar-refractivity contribution in [1.82, 2.24) is 4.86 Å². The van der Waals surface area contributed by atoms with E-state index in [9.17, 15) is 9.46 Å². The molecule has 0 aromatic carbocycles. The van der Waals surface area contributed by atoms with Gasteiger partial charge in [0.2, 0.25) is 0 Å². The van der Waals surface area contributed by atoms with E-state index >= 15 is 0 Å². The van der Waals surface area contributed by atoms with Gasteiger partial charge < -0.3 is 4.89 Å². The summed E-state index contributed by atoms with van der Waals surface area (Å²) in [6, 6.07) is 0. The van der Waals surface area contributed by atoms with Gasteiger partial charge in [0.15, 0.2) is 6.42 Å². The minimum atomic E-state index is -2.72. The zero-order chi connectivity index (χ0) is 8.91. The lowest BCUT2D eigenvalue weighted by atomic mass is 10.4. The van der Waals surface area contributed by atoms with Crippen molar-refractivity contribution < 1.29 is 14.4 Å². The fourth-order valence-electron chi connectivity index (χ4n) is 0.556. The molecular formula is C4H12NO3P2S+. The molecule has 0 aliphatic heterocycles. The van der Waals surface area contributed by atoms with Gasteiger partial charge in [-0.15, -0.1) is 4.89 Å². The van der Waals surface area contributed by atoms with Gasteiger partial charge in [-0.3, -0.25) is 0 Å². The topological polar surface area (TPSA) is 69.6 Å². The van der Waals surface area contributed by atoms with Crippen molar-refractivity contribution >= 4 is 26.4 Å². The first kappa shape index (κ1) is 11.6. The molecule has 0 fully saturated rings. The first-order chi connectivity index (χ1) is 4.98. The van der Waals surface area contributed by atoms with Crippen LogP contribution >= 0.6 is 14.6 Å². The van der Waals surface area contributed by atoms with Crippen molar-refractivity contribution in [3.05, 3.63) is 0 Å². The predicted molar refractivity (Wildman–Crippen MR) is 49.2 cm³/mol. The highest BCUT2D eigenvalue weighted by Crippen LogP contribution is 2.41. The molecule has 11 heavy (non-hydrogen) atoms. The number of hydrogen-bond acceptors (Lipinski definition) is 2. The highest BCUT2D eigenvalue weighted by atomic mass is 32.4. The number of nitrogens with one attached hydrogen (secondary N) is 1. The Hall–Kier alpha value is 0.630. The molecule has 0 bridgehead atoms. The van der Waals surface area contributed by atoms with E-state index in [2.05, 4.69) is 4.86 Å². The van der Waals surface area contributed by atoms with Crippen LogP contribution in [-0.2, 0) is 16.4 Å². The standard InChI is InChI=1S/C4H11NO3P2S/c1-2-3-4-10(8,11)5-9(6)7/h2-4H2,1H3,(H2-,5,6,7,8,11)/p+1. The maximum atomic E-state index is 10.2. The Morgan fingerprint density at radius 3 is 2.64 bits per heavy atom. The summed E-state index contributed by atoms with van der Waals surface area (Å²) in [4.78, 5) is 19.8. The molecule has 0 aliphatic carbocycles. The summed E-state index contributed by atoms with van der Waals surface area (Å²) in [6.45, 7) is 1.97. The van der Waals surface area contributed by atoms with Crippen LogP contribution in [0.3, 0.4) is 0 Å². The van der Waals surface area contributed by atoms with E-state index in [4.69, 9.17) is 16.7 Å². The van der Waals surface area contributed by atoms with Crippen LogP contribution < -0.4 is 4.86 Å². The van der Waals surface area contributed by atoms with Crippen LogP contribution in [0.1, 0.15) is 19.8 Å². The monoisotopic (exact) mass is 216 g/mol. The van der Waals surface area contributed by atoms with Crippen molar-refractivity contribution in [1.29, 1.82) is 0 Å². The Morgan fingerprint density at radius 1 is 1.73 bits per heavy atom. The van der Waals surface area contributed by atoms with Gasteiger partial charge in [0, 0.05) is 6.16 Å². The molecule has 0 radical (unpaired) electrons. The van der Waals surface area contributed by atoms with Crippen molar-refractivity contribution in [2.45, 2.75) is 19.8 Å². The fourth-order valence-corrected chi connectivity index (χ4v) is 3.79. The average Bonchev–Trinajstić information content (AvgIpc) is 1.81. The van der Waals surface area contributed by atoms with E-state index in [0.717, 1.165) is 12.8 Å². The molecule has 7 heteroatoms. The molecule has 0 saturated carbocycles. The minimum absolute atomic E-state index is 0.417. The smallest absolute Gasteiger partial charge is 0.351 e. The lowest BCUT2D eigenvalue weighted by molar-refractivity contribution is 0.497. The second-order valence-electron chi connectivity index (χ2n) is 2.15. The molecule has 0 aromatic heterocycles. The van der Waals surface area contributed by atoms with Crippen LogP contribution in [0.15, 0.2) is 0 Å². The van der Waals surface area contributed by atoms with E-state index in [-0.39, 0.29) is 0 Å². The molecule has 4 nitrogen and oxygen atoms in total. The van der Waals surface area contributed by atoms with Gasteiger partial charge in [-0.1, -0.05) is 13.3 Å². The fraction of sp³-hybridized carbons (Fsp3) is 1.00. The average molecular weight is 216 g/mol. The summed E-state index contributed by atoms with van der Waals surface area (Å²) in [5, 5.41) is 0. The van der Waals surface area contributed by atoms with Crippen LogP contribution in [0.4, 0.5) is 0 Å². The van der Waals surface area contributed by atoms with Crippen LogP contribution in [0.25, 0.3) is 0 Å². The molecule has 0 spiro atoms. The number of rotatable bonds is 5. The van der Waals surface area contributed by atoms with Crippen molar-refractivity contribution in [3.63, 3.8) is 0 Å². The Kier molecular flexibility index (Phi) is 5.61. The zero-order valence-corrected chi connectivity index (χ0v) is 8.83. The Balaban J connectivity index is 3.80. The van der Waals surface area contributed by atoms with E-state index in [1.165, 1.54) is 0 Å². The van der Waals surface area contributed by atoms with E-state index in [1.807, 2.05) is 6.92 Å². The molecule has 0 heterocycles. The maximum Gasteiger partial charge on any atom is 0.617 e. The second-order valence-corrected chi connectivity index (χ2v) is 7.16. The summed E-state index contributed by atoms with van der Waals surface area (Å²) in [5.41, 5.74) is 0. The van der Waals surface area contributed by atoms with Crippen molar-refractivity contribution in [2.75, 3.05) is 6.16 Å². The van der Waals surface area contributed by atoms with Gasteiger partial charge in [-0.2, -0.15) is 0 Å². The van der Waals surface area contributed by atoms with E-state index in [1.54, 1.807) is 0 Å². The van der Waals surface area contributed by atoms with Crippen LogP contribution in [-0.4, -0.2) is 15.9 Å². The van der Waals surface area contributed by atoms with E-state index in [0.29, 0.717) is 6.16 Å². The first-order valence-electron chi connectivity index (χ1n) is 3.24. The molecule has 0 amide bonds. The van der Waals surface area contributed by atoms with Gasteiger partial charge >= 0.3 is 8.18 Å². The van der Waals surface area contributed by atoms with Gasteiger partial charge in [0.1, 0.15) is 0 Å². The summed E-state index contributed by atoms with van der Waals surface area (Å²) in [6.07, 6.45) is -0.597. The lowest BCUT2D eigenvalue weighted by Gasteiger charge is -2.06. The third kappa shape index (κ3) is 7.01. The molecule has 0 aliphatic rings. The van der Waals surface area contributed by atoms with Crippen LogP contribution in [0.2, 0.25) is 0 Å². The van der Waals surface area contributed by atoms with Gasteiger partial charge in [-0.05, 0) is 27.7 Å². The van der Waals surface area contributed by atoms with Crippen molar-refractivity contribution in [3.8, 4) is 0 Å². The lowest BCUT2D eigenvalue weighted by Crippen LogP contribution is -2.02. The quantitative estimate of drug-likeness (QED) is 0.605. The molecule has 3 N–H and O–H groups in total.